The van der Waals surface area contributed by atoms with Gasteiger partial charge in [-0.2, -0.15) is 0 Å². The minimum absolute atomic E-state index is 0.595. The van der Waals surface area contributed by atoms with E-state index in [0.29, 0.717) is 6.04 Å². The molecule has 2 aliphatic rings. The van der Waals surface area contributed by atoms with E-state index in [-0.39, 0.29) is 0 Å². The molecule has 6 heteroatoms. The van der Waals surface area contributed by atoms with Crippen LogP contribution in [0.3, 0.4) is 0 Å². The van der Waals surface area contributed by atoms with Gasteiger partial charge in [-0.3, -0.25) is 4.99 Å². The van der Waals surface area contributed by atoms with Crippen molar-refractivity contribution < 1.29 is 0 Å². The lowest BCUT2D eigenvalue weighted by atomic mass is 10.2. The summed E-state index contributed by atoms with van der Waals surface area (Å²) in [6, 6.07) is 0.595. The van der Waals surface area contributed by atoms with Crippen molar-refractivity contribution in [1.29, 1.82) is 0 Å². The van der Waals surface area contributed by atoms with Crippen molar-refractivity contribution in [3.8, 4) is 0 Å². The van der Waals surface area contributed by atoms with E-state index >= 15 is 0 Å². The number of aromatic nitrogens is 3. The zero-order valence-electron chi connectivity index (χ0n) is 14.4. The largest absolute Gasteiger partial charge is 0.357 e. The molecule has 1 saturated carbocycles. The standard InChI is InChI=1S/C17H30N6/c1-2-18-17(20-14-8-5-6-9-14)19-12-11-16-22-21-15-10-4-3-7-13-23(15)16/h14H,2-13H2,1H3,(H2,18,19,20). The maximum Gasteiger partial charge on any atom is 0.191 e. The Labute approximate surface area is 139 Å². The van der Waals surface area contributed by atoms with Gasteiger partial charge in [-0.1, -0.05) is 19.3 Å². The molecule has 2 N–H and O–H groups in total. The Hall–Kier alpha value is -1.59. The maximum absolute atomic E-state index is 4.74. The van der Waals surface area contributed by atoms with Crippen LogP contribution < -0.4 is 10.6 Å². The first kappa shape index (κ1) is 16.3. The summed E-state index contributed by atoms with van der Waals surface area (Å²) in [4.78, 5) is 4.74. The molecule has 1 aromatic rings. The molecule has 0 saturated heterocycles. The molecule has 1 aliphatic heterocycles. The van der Waals surface area contributed by atoms with E-state index in [1.807, 2.05) is 0 Å². The Morgan fingerprint density at radius 3 is 2.87 bits per heavy atom. The van der Waals surface area contributed by atoms with Gasteiger partial charge in [0.2, 0.25) is 0 Å². The Morgan fingerprint density at radius 1 is 1.17 bits per heavy atom. The molecule has 0 radical (unpaired) electrons. The van der Waals surface area contributed by atoms with Crippen LogP contribution in [0.2, 0.25) is 0 Å². The van der Waals surface area contributed by atoms with E-state index < -0.39 is 0 Å². The van der Waals surface area contributed by atoms with Crippen molar-refractivity contribution in [1.82, 2.24) is 25.4 Å². The average molecular weight is 318 g/mol. The molecule has 6 nitrogen and oxygen atoms in total. The molecule has 2 heterocycles. The van der Waals surface area contributed by atoms with Crippen molar-refractivity contribution in [3.05, 3.63) is 11.6 Å². The Morgan fingerprint density at radius 2 is 2.04 bits per heavy atom. The van der Waals surface area contributed by atoms with Crippen molar-refractivity contribution in [3.63, 3.8) is 0 Å². The van der Waals surface area contributed by atoms with E-state index in [2.05, 4.69) is 32.3 Å². The van der Waals surface area contributed by atoms with E-state index in [1.165, 1.54) is 44.9 Å². The molecule has 1 fully saturated rings. The van der Waals surface area contributed by atoms with Crippen molar-refractivity contribution in [2.24, 2.45) is 4.99 Å². The summed E-state index contributed by atoms with van der Waals surface area (Å²) in [6.07, 6.45) is 10.9. The van der Waals surface area contributed by atoms with Crippen LogP contribution in [-0.4, -0.2) is 39.9 Å². The second-order valence-corrected chi connectivity index (χ2v) is 6.63. The van der Waals surface area contributed by atoms with Crippen molar-refractivity contribution in [2.45, 2.75) is 77.3 Å². The molecule has 3 rings (SSSR count). The highest BCUT2D eigenvalue weighted by atomic mass is 15.3. The van der Waals surface area contributed by atoms with Crippen LogP contribution in [0.1, 0.15) is 63.5 Å². The number of guanidine groups is 1. The number of hydrogen-bond donors (Lipinski definition) is 2. The summed E-state index contributed by atoms with van der Waals surface area (Å²) in [5.74, 6) is 3.22. The third kappa shape index (κ3) is 4.45. The highest BCUT2D eigenvalue weighted by Crippen LogP contribution is 2.17. The lowest BCUT2D eigenvalue weighted by Crippen LogP contribution is -2.42. The summed E-state index contributed by atoms with van der Waals surface area (Å²) >= 11 is 0. The summed E-state index contributed by atoms with van der Waals surface area (Å²) in [7, 11) is 0. The Kier molecular flexibility index (Phi) is 5.88. The van der Waals surface area contributed by atoms with Gasteiger partial charge in [-0.05, 0) is 32.6 Å². The minimum atomic E-state index is 0.595. The van der Waals surface area contributed by atoms with E-state index in [9.17, 15) is 0 Å². The van der Waals surface area contributed by atoms with Crippen molar-refractivity contribution in [2.75, 3.05) is 13.1 Å². The Bertz CT molecular complexity index is 515. The van der Waals surface area contributed by atoms with Crippen molar-refractivity contribution >= 4 is 5.96 Å². The number of aliphatic imine (C=N–C) groups is 1. The quantitative estimate of drug-likeness (QED) is 0.644. The van der Waals surface area contributed by atoms with Gasteiger partial charge in [0.1, 0.15) is 11.6 Å². The lowest BCUT2D eigenvalue weighted by Gasteiger charge is -2.16. The zero-order valence-corrected chi connectivity index (χ0v) is 14.4. The summed E-state index contributed by atoms with van der Waals surface area (Å²) in [6.45, 7) is 4.85. The first-order valence-electron chi connectivity index (χ1n) is 9.32. The molecule has 0 atom stereocenters. The minimum Gasteiger partial charge on any atom is -0.357 e. The predicted molar refractivity (Wildman–Crippen MR) is 92.7 cm³/mol. The number of rotatable bonds is 5. The number of fused-ring (bicyclic) bond motifs is 1. The fourth-order valence-corrected chi connectivity index (χ4v) is 3.58. The first-order valence-corrected chi connectivity index (χ1v) is 9.32. The van der Waals surface area contributed by atoms with Gasteiger partial charge in [0, 0.05) is 38.5 Å². The van der Waals surface area contributed by atoms with Gasteiger partial charge >= 0.3 is 0 Å². The van der Waals surface area contributed by atoms with Crippen LogP contribution in [0.5, 0.6) is 0 Å². The molecule has 128 valence electrons. The highest BCUT2D eigenvalue weighted by molar-refractivity contribution is 5.80. The first-order chi connectivity index (χ1) is 11.4. The molecule has 1 aromatic heterocycles. The monoisotopic (exact) mass is 318 g/mol. The van der Waals surface area contributed by atoms with Crippen LogP contribution in [0.25, 0.3) is 0 Å². The van der Waals surface area contributed by atoms with Crippen LogP contribution >= 0.6 is 0 Å². The molecular weight excluding hydrogens is 288 g/mol. The highest BCUT2D eigenvalue weighted by Gasteiger charge is 2.16. The number of nitrogens with zero attached hydrogens (tertiary/aromatic N) is 4. The van der Waals surface area contributed by atoms with Gasteiger partial charge < -0.3 is 15.2 Å². The van der Waals surface area contributed by atoms with Gasteiger partial charge in [0.05, 0.1) is 0 Å². The molecule has 0 aromatic carbocycles. The van der Waals surface area contributed by atoms with E-state index in [4.69, 9.17) is 4.99 Å². The average Bonchev–Trinajstić information content (AvgIpc) is 3.12. The van der Waals surface area contributed by atoms with Crippen LogP contribution in [-0.2, 0) is 19.4 Å². The SMILES string of the molecule is CCNC(=NCCc1nnc2n1CCCCC2)NC1CCCC1. The molecule has 0 spiro atoms. The lowest BCUT2D eigenvalue weighted by molar-refractivity contribution is 0.600. The number of hydrogen-bond acceptors (Lipinski definition) is 3. The van der Waals surface area contributed by atoms with Gasteiger partial charge in [-0.25, -0.2) is 0 Å². The van der Waals surface area contributed by atoms with Crippen LogP contribution in [0, 0.1) is 0 Å². The normalized spacial score (nSPS) is 19.4. The number of aryl methyl sites for hydroxylation is 1. The molecule has 0 amide bonds. The summed E-state index contributed by atoms with van der Waals surface area (Å²) in [5.41, 5.74) is 0. The van der Waals surface area contributed by atoms with Crippen LogP contribution in [0.4, 0.5) is 0 Å². The van der Waals surface area contributed by atoms with Gasteiger partial charge in [-0.15, -0.1) is 10.2 Å². The fourth-order valence-electron chi connectivity index (χ4n) is 3.58. The Balaban J connectivity index is 1.56. The van der Waals surface area contributed by atoms with Gasteiger partial charge in [0.15, 0.2) is 5.96 Å². The maximum atomic E-state index is 4.74. The predicted octanol–water partition coefficient (Wildman–Crippen LogP) is 2.04. The van der Waals surface area contributed by atoms with E-state index in [1.54, 1.807) is 0 Å². The second-order valence-electron chi connectivity index (χ2n) is 6.63. The second kappa shape index (κ2) is 8.31. The number of nitrogens with one attached hydrogen (secondary N) is 2. The smallest absolute Gasteiger partial charge is 0.191 e. The topological polar surface area (TPSA) is 67.1 Å². The molecule has 0 bridgehead atoms. The molecule has 0 unspecified atom stereocenters. The van der Waals surface area contributed by atoms with Gasteiger partial charge in [0.25, 0.3) is 0 Å². The molecule has 1 aliphatic carbocycles. The summed E-state index contributed by atoms with van der Waals surface area (Å²) < 4.78 is 2.32. The third-order valence-corrected chi connectivity index (χ3v) is 4.83. The zero-order chi connectivity index (χ0) is 15.9. The fraction of sp³-hybridized carbons (Fsp3) is 0.824. The molecular formula is C17H30N6. The van der Waals surface area contributed by atoms with E-state index in [0.717, 1.165) is 50.1 Å². The summed E-state index contributed by atoms with van der Waals surface area (Å²) in [5, 5.41) is 15.7. The van der Waals surface area contributed by atoms with Crippen LogP contribution in [0.15, 0.2) is 4.99 Å². The third-order valence-electron chi connectivity index (χ3n) is 4.83. The molecule has 23 heavy (non-hydrogen) atoms.